The van der Waals surface area contributed by atoms with Gasteiger partial charge in [-0.05, 0) is 43.3 Å². The molecule has 0 saturated carbocycles. The summed E-state index contributed by atoms with van der Waals surface area (Å²) in [4.78, 5) is 25.8. The van der Waals surface area contributed by atoms with Crippen molar-refractivity contribution in [1.82, 2.24) is 14.5 Å². The van der Waals surface area contributed by atoms with Crippen LogP contribution < -0.4 is 10.1 Å². The number of alkyl halides is 3. The summed E-state index contributed by atoms with van der Waals surface area (Å²) in [6.07, 6.45) is -4.87. The molecule has 12 heteroatoms. The van der Waals surface area contributed by atoms with Crippen molar-refractivity contribution in [2.24, 2.45) is 0 Å². The van der Waals surface area contributed by atoms with Crippen molar-refractivity contribution in [3.8, 4) is 5.75 Å². The van der Waals surface area contributed by atoms with E-state index in [9.17, 15) is 31.2 Å². The van der Waals surface area contributed by atoms with Crippen LogP contribution in [0.15, 0.2) is 53.4 Å². The molecule has 1 aliphatic rings. The standard InChI is InChI=1S/C21H22F3N3O5S/c1-15-2-4-16(5-3-15)20(29)25-14-19(28)26-10-12-27(13-11-26)33(30,31)18-8-6-17(7-9-18)32-21(22,23)24/h2-9H,10-14H2,1H3,(H,25,29). The maximum atomic E-state index is 12.8. The predicted molar refractivity (Wildman–Crippen MR) is 112 cm³/mol. The highest BCUT2D eigenvalue weighted by molar-refractivity contribution is 7.89. The van der Waals surface area contributed by atoms with Crippen molar-refractivity contribution in [3.63, 3.8) is 0 Å². The van der Waals surface area contributed by atoms with Crippen LogP contribution in [0.2, 0.25) is 0 Å². The van der Waals surface area contributed by atoms with Gasteiger partial charge >= 0.3 is 6.36 Å². The van der Waals surface area contributed by atoms with Crippen LogP contribution in [-0.4, -0.2) is 68.5 Å². The van der Waals surface area contributed by atoms with Gasteiger partial charge in [-0.3, -0.25) is 9.59 Å². The molecular formula is C21H22F3N3O5S. The minimum Gasteiger partial charge on any atom is -0.406 e. The minimum atomic E-state index is -4.87. The van der Waals surface area contributed by atoms with Crippen molar-refractivity contribution in [2.45, 2.75) is 18.2 Å². The zero-order valence-electron chi connectivity index (χ0n) is 17.6. The fourth-order valence-corrected chi connectivity index (χ4v) is 4.64. The number of amides is 2. The second-order valence-corrected chi connectivity index (χ2v) is 9.29. The number of carbonyl (C=O) groups excluding carboxylic acids is 2. The topological polar surface area (TPSA) is 96.0 Å². The Morgan fingerprint density at radius 3 is 2.09 bits per heavy atom. The zero-order chi connectivity index (χ0) is 24.2. The maximum absolute atomic E-state index is 12.8. The number of sulfonamides is 1. The number of hydrogen-bond acceptors (Lipinski definition) is 5. The Bertz CT molecular complexity index is 1100. The van der Waals surface area contributed by atoms with Crippen LogP contribution in [-0.2, 0) is 14.8 Å². The van der Waals surface area contributed by atoms with E-state index >= 15 is 0 Å². The molecule has 1 aliphatic heterocycles. The molecule has 8 nitrogen and oxygen atoms in total. The summed E-state index contributed by atoms with van der Waals surface area (Å²) in [6.45, 7) is 1.94. The van der Waals surface area contributed by atoms with Gasteiger partial charge in [0.2, 0.25) is 15.9 Å². The van der Waals surface area contributed by atoms with Gasteiger partial charge in [0.05, 0.1) is 11.4 Å². The van der Waals surface area contributed by atoms with E-state index in [-0.39, 0.29) is 49.4 Å². The summed E-state index contributed by atoms with van der Waals surface area (Å²) in [5, 5.41) is 2.55. The van der Waals surface area contributed by atoms with Crippen LogP contribution in [0.5, 0.6) is 5.75 Å². The molecule has 0 atom stereocenters. The molecule has 0 spiro atoms. The lowest BCUT2D eigenvalue weighted by atomic mass is 10.1. The van der Waals surface area contributed by atoms with Crippen LogP contribution in [0.25, 0.3) is 0 Å². The number of ether oxygens (including phenoxy) is 1. The van der Waals surface area contributed by atoms with E-state index < -0.39 is 22.1 Å². The number of aryl methyl sites for hydroxylation is 1. The highest BCUT2D eigenvalue weighted by Gasteiger charge is 2.32. The number of piperazine rings is 1. The van der Waals surface area contributed by atoms with Gasteiger partial charge in [-0.1, -0.05) is 17.7 Å². The molecule has 2 amide bonds. The molecule has 0 aromatic heterocycles. The number of rotatable bonds is 6. The van der Waals surface area contributed by atoms with Crippen LogP contribution in [0, 0.1) is 6.92 Å². The van der Waals surface area contributed by atoms with E-state index in [2.05, 4.69) is 10.1 Å². The van der Waals surface area contributed by atoms with Gasteiger partial charge in [0, 0.05) is 31.7 Å². The van der Waals surface area contributed by atoms with Gasteiger partial charge in [0.25, 0.3) is 5.91 Å². The third-order valence-electron chi connectivity index (χ3n) is 5.00. The number of halogens is 3. The van der Waals surface area contributed by atoms with Crippen molar-refractivity contribution >= 4 is 21.8 Å². The average molecular weight is 485 g/mol. The Morgan fingerprint density at radius 2 is 1.55 bits per heavy atom. The molecule has 1 saturated heterocycles. The van der Waals surface area contributed by atoms with Crippen molar-refractivity contribution in [3.05, 3.63) is 59.7 Å². The number of hydrogen-bond donors (Lipinski definition) is 1. The number of carbonyl (C=O) groups is 2. The molecule has 0 aliphatic carbocycles. The monoisotopic (exact) mass is 485 g/mol. The van der Waals surface area contributed by atoms with E-state index in [4.69, 9.17) is 0 Å². The molecule has 0 radical (unpaired) electrons. The Kier molecular flexibility index (Phi) is 7.28. The van der Waals surface area contributed by atoms with Gasteiger partial charge in [0.15, 0.2) is 0 Å². The fourth-order valence-electron chi connectivity index (χ4n) is 3.21. The highest BCUT2D eigenvalue weighted by Crippen LogP contribution is 2.25. The van der Waals surface area contributed by atoms with Gasteiger partial charge in [-0.2, -0.15) is 4.31 Å². The largest absolute Gasteiger partial charge is 0.573 e. The number of benzene rings is 2. The summed E-state index contributed by atoms with van der Waals surface area (Å²) in [5.41, 5.74) is 1.43. The van der Waals surface area contributed by atoms with Crippen LogP contribution in [0.1, 0.15) is 15.9 Å². The summed E-state index contributed by atoms with van der Waals surface area (Å²) in [6, 6.07) is 10.8. The molecule has 33 heavy (non-hydrogen) atoms. The summed E-state index contributed by atoms with van der Waals surface area (Å²) >= 11 is 0. The van der Waals surface area contributed by atoms with E-state index in [1.54, 1.807) is 24.3 Å². The average Bonchev–Trinajstić information content (AvgIpc) is 2.77. The van der Waals surface area contributed by atoms with Gasteiger partial charge in [-0.25, -0.2) is 8.42 Å². The zero-order valence-corrected chi connectivity index (χ0v) is 18.4. The predicted octanol–water partition coefficient (Wildman–Crippen LogP) is 2.16. The van der Waals surface area contributed by atoms with E-state index in [1.165, 1.54) is 4.90 Å². The normalized spacial score (nSPS) is 15.2. The summed E-state index contributed by atoms with van der Waals surface area (Å²) < 4.78 is 67.2. The molecule has 1 fully saturated rings. The van der Waals surface area contributed by atoms with Crippen LogP contribution in [0.3, 0.4) is 0 Å². The summed E-state index contributed by atoms with van der Waals surface area (Å²) in [5.74, 6) is -1.26. The van der Waals surface area contributed by atoms with Crippen LogP contribution >= 0.6 is 0 Å². The van der Waals surface area contributed by atoms with Gasteiger partial charge in [-0.15, -0.1) is 13.2 Å². The Balaban J connectivity index is 1.52. The molecule has 3 rings (SSSR count). The Hall–Kier alpha value is -3.12. The maximum Gasteiger partial charge on any atom is 0.573 e. The minimum absolute atomic E-state index is 0.0147. The first-order valence-electron chi connectivity index (χ1n) is 9.94. The Labute approximate surface area is 189 Å². The molecule has 0 unspecified atom stereocenters. The molecule has 0 bridgehead atoms. The highest BCUT2D eigenvalue weighted by atomic mass is 32.2. The van der Waals surface area contributed by atoms with Crippen molar-refractivity contribution in [2.75, 3.05) is 32.7 Å². The lowest BCUT2D eigenvalue weighted by molar-refractivity contribution is -0.274. The van der Waals surface area contributed by atoms with Gasteiger partial charge < -0.3 is 15.0 Å². The quantitative estimate of drug-likeness (QED) is 0.677. The third-order valence-corrected chi connectivity index (χ3v) is 6.91. The van der Waals surface area contributed by atoms with Gasteiger partial charge in [0.1, 0.15) is 5.75 Å². The first-order valence-corrected chi connectivity index (χ1v) is 11.4. The number of nitrogens with zero attached hydrogens (tertiary/aromatic N) is 2. The van der Waals surface area contributed by atoms with E-state index in [0.29, 0.717) is 5.56 Å². The summed E-state index contributed by atoms with van der Waals surface area (Å²) in [7, 11) is -3.95. The van der Waals surface area contributed by atoms with Crippen LogP contribution in [0.4, 0.5) is 13.2 Å². The first kappa shape index (κ1) is 24.5. The number of nitrogens with one attached hydrogen (secondary N) is 1. The Morgan fingerprint density at radius 1 is 0.970 bits per heavy atom. The first-order chi connectivity index (χ1) is 15.5. The second kappa shape index (κ2) is 9.79. The van der Waals surface area contributed by atoms with Crippen molar-refractivity contribution in [1.29, 1.82) is 0 Å². The molecular weight excluding hydrogens is 463 g/mol. The molecule has 1 heterocycles. The van der Waals surface area contributed by atoms with E-state index in [1.807, 2.05) is 6.92 Å². The van der Waals surface area contributed by atoms with E-state index in [0.717, 1.165) is 34.1 Å². The smallest absolute Gasteiger partial charge is 0.406 e. The molecule has 178 valence electrons. The lowest BCUT2D eigenvalue weighted by Gasteiger charge is -2.34. The second-order valence-electron chi connectivity index (χ2n) is 7.35. The molecule has 1 N–H and O–H groups in total. The molecule has 2 aromatic carbocycles. The third kappa shape index (κ3) is 6.45. The SMILES string of the molecule is Cc1ccc(C(=O)NCC(=O)N2CCN(S(=O)(=O)c3ccc(OC(F)(F)F)cc3)CC2)cc1. The van der Waals surface area contributed by atoms with Crippen molar-refractivity contribution < 1.29 is 35.9 Å². The lowest BCUT2D eigenvalue weighted by Crippen LogP contribution is -2.52. The molecule has 2 aromatic rings. The fraction of sp³-hybridized carbons (Fsp3) is 0.333.